The van der Waals surface area contributed by atoms with E-state index in [4.69, 9.17) is 4.74 Å². The van der Waals surface area contributed by atoms with Crippen LogP contribution in [0.5, 0.6) is 5.75 Å². The molecule has 180 valence electrons. The van der Waals surface area contributed by atoms with Gasteiger partial charge in [-0.25, -0.2) is 0 Å². The molecular weight excluding hydrogens is 410 g/mol. The van der Waals surface area contributed by atoms with Crippen molar-refractivity contribution in [2.24, 2.45) is 16.7 Å². The molecule has 2 saturated carbocycles. The van der Waals surface area contributed by atoms with Crippen molar-refractivity contribution in [3.8, 4) is 5.75 Å². The maximum absolute atomic E-state index is 13.9. The van der Waals surface area contributed by atoms with Crippen LogP contribution in [0.1, 0.15) is 75.3 Å². The van der Waals surface area contributed by atoms with Crippen LogP contribution in [0, 0.1) is 23.7 Å². The number of hydrogen-bond donors (Lipinski definition) is 1. The van der Waals surface area contributed by atoms with Gasteiger partial charge in [-0.2, -0.15) is 0 Å². The van der Waals surface area contributed by atoms with Crippen LogP contribution in [-0.2, 0) is 6.54 Å². The van der Waals surface area contributed by atoms with Crippen molar-refractivity contribution in [2.75, 3.05) is 26.7 Å². The summed E-state index contributed by atoms with van der Waals surface area (Å²) in [6.45, 7) is 13.4. The Hall–Kier alpha value is -2.01. The van der Waals surface area contributed by atoms with Crippen LogP contribution >= 0.6 is 0 Å². The molecular formula is C28H41N3O2. The number of fused-ring (bicyclic) bond motifs is 3. The molecule has 2 heterocycles. The molecule has 3 fully saturated rings. The molecule has 2 aromatic rings. The minimum Gasteiger partial charge on any atom is -0.495 e. The SMILES string of the molecule is COc1cccc2c(C(=O)NC3C4(C)CC[C@H](C4)C3(C)C)c(C)n(CCN3CCCCC3)c12. The first-order valence-electron chi connectivity index (χ1n) is 13.0. The highest BCUT2D eigenvalue weighted by atomic mass is 16.5. The predicted octanol–water partition coefficient (Wildman–Crippen LogP) is 5.39. The molecule has 2 aliphatic carbocycles. The van der Waals surface area contributed by atoms with E-state index in [1.807, 2.05) is 12.1 Å². The third kappa shape index (κ3) is 3.67. The number of aromatic nitrogens is 1. The fourth-order valence-corrected chi connectivity index (χ4v) is 7.52. The Morgan fingerprint density at radius 2 is 1.91 bits per heavy atom. The number of methoxy groups -OCH3 is 1. The smallest absolute Gasteiger partial charge is 0.253 e. The Bertz CT molecular complexity index is 1040. The molecule has 5 rings (SSSR count). The molecule has 5 nitrogen and oxygen atoms in total. The van der Waals surface area contributed by atoms with E-state index in [2.05, 4.69) is 48.5 Å². The van der Waals surface area contributed by atoms with Gasteiger partial charge >= 0.3 is 0 Å². The number of ether oxygens (including phenoxy) is 1. The predicted molar refractivity (Wildman–Crippen MR) is 134 cm³/mol. The number of nitrogens with one attached hydrogen (secondary N) is 1. The number of carbonyl (C=O) groups is 1. The molecule has 1 amide bonds. The van der Waals surface area contributed by atoms with Gasteiger partial charge < -0.3 is 19.5 Å². The van der Waals surface area contributed by atoms with Crippen molar-refractivity contribution < 1.29 is 9.53 Å². The maximum atomic E-state index is 13.9. The normalized spacial score (nSPS) is 29.0. The van der Waals surface area contributed by atoms with Crippen molar-refractivity contribution >= 4 is 16.8 Å². The quantitative estimate of drug-likeness (QED) is 0.641. The Kier molecular flexibility index (Phi) is 5.75. The third-order valence-electron chi connectivity index (χ3n) is 9.39. The molecule has 2 bridgehead atoms. The second-order valence-corrected chi connectivity index (χ2v) is 11.7. The topological polar surface area (TPSA) is 46.5 Å². The molecule has 1 saturated heterocycles. The van der Waals surface area contributed by atoms with E-state index >= 15 is 0 Å². The van der Waals surface area contributed by atoms with Gasteiger partial charge in [0.15, 0.2) is 0 Å². The first kappa shape index (κ1) is 22.8. The minimum absolute atomic E-state index is 0.0781. The summed E-state index contributed by atoms with van der Waals surface area (Å²) < 4.78 is 8.09. The lowest BCUT2D eigenvalue weighted by Crippen LogP contribution is -2.52. The fourth-order valence-electron chi connectivity index (χ4n) is 7.52. The second kappa shape index (κ2) is 8.33. The Labute approximate surface area is 198 Å². The highest BCUT2D eigenvalue weighted by Crippen LogP contribution is 2.62. The molecule has 1 N–H and O–H groups in total. The van der Waals surface area contributed by atoms with E-state index < -0.39 is 0 Å². The van der Waals surface area contributed by atoms with Gasteiger partial charge in [-0.1, -0.05) is 39.3 Å². The van der Waals surface area contributed by atoms with E-state index in [0.29, 0.717) is 5.92 Å². The largest absolute Gasteiger partial charge is 0.495 e. The molecule has 2 unspecified atom stereocenters. The summed E-state index contributed by atoms with van der Waals surface area (Å²) in [5.74, 6) is 1.63. The number of hydrogen-bond acceptors (Lipinski definition) is 3. The van der Waals surface area contributed by atoms with Crippen molar-refractivity contribution in [1.82, 2.24) is 14.8 Å². The molecule has 1 aromatic heterocycles. The summed E-state index contributed by atoms with van der Waals surface area (Å²) in [5, 5.41) is 4.55. The van der Waals surface area contributed by atoms with Crippen molar-refractivity contribution in [3.05, 3.63) is 29.5 Å². The average Bonchev–Trinajstić information content (AvgIpc) is 3.39. The monoisotopic (exact) mass is 451 g/mol. The van der Waals surface area contributed by atoms with Gasteiger partial charge in [-0.05, 0) is 74.9 Å². The minimum atomic E-state index is 0.0781. The number of rotatable bonds is 6. The van der Waals surface area contributed by atoms with Gasteiger partial charge in [0, 0.05) is 30.2 Å². The van der Waals surface area contributed by atoms with Gasteiger partial charge in [-0.15, -0.1) is 0 Å². The van der Waals surface area contributed by atoms with Crippen LogP contribution in [0.25, 0.3) is 10.9 Å². The van der Waals surface area contributed by atoms with Crippen molar-refractivity contribution in [3.63, 3.8) is 0 Å². The molecule has 3 atom stereocenters. The zero-order valence-electron chi connectivity index (χ0n) is 21.2. The number of carbonyl (C=O) groups excluding carboxylic acids is 1. The van der Waals surface area contributed by atoms with Gasteiger partial charge in [-0.3, -0.25) is 4.79 Å². The molecule has 5 heteroatoms. The zero-order valence-corrected chi connectivity index (χ0v) is 21.2. The number of nitrogens with zero attached hydrogens (tertiary/aromatic N) is 2. The highest BCUT2D eigenvalue weighted by molar-refractivity contribution is 6.09. The summed E-state index contributed by atoms with van der Waals surface area (Å²) >= 11 is 0. The highest BCUT2D eigenvalue weighted by Gasteiger charge is 2.59. The Morgan fingerprint density at radius 3 is 2.58 bits per heavy atom. The summed E-state index contributed by atoms with van der Waals surface area (Å²) in [7, 11) is 1.73. The standard InChI is InChI=1S/C28H41N3O2/c1-19-23(25(32)29-26-27(2,3)20-12-13-28(26,4)18-20)21-10-9-11-22(33-5)24(21)31(19)17-16-30-14-7-6-8-15-30/h9-11,20,26H,6-8,12-18H2,1-5H3,(H,29,32)/t20-,26?,28?/m1/s1. The average molecular weight is 452 g/mol. The first-order valence-corrected chi connectivity index (χ1v) is 13.0. The zero-order chi connectivity index (χ0) is 23.4. The number of benzene rings is 1. The van der Waals surface area contributed by atoms with Crippen LogP contribution < -0.4 is 10.1 Å². The molecule has 0 radical (unpaired) electrons. The van der Waals surface area contributed by atoms with Crippen LogP contribution in [0.3, 0.4) is 0 Å². The molecule has 1 aromatic carbocycles. The lowest BCUT2D eigenvalue weighted by molar-refractivity contribution is 0.0738. The van der Waals surface area contributed by atoms with E-state index in [-0.39, 0.29) is 22.8 Å². The lowest BCUT2D eigenvalue weighted by atomic mass is 9.68. The van der Waals surface area contributed by atoms with Gasteiger partial charge in [0.2, 0.25) is 0 Å². The summed E-state index contributed by atoms with van der Waals surface area (Å²) in [6.07, 6.45) is 7.67. The molecule has 1 aliphatic heterocycles. The van der Waals surface area contributed by atoms with Gasteiger partial charge in [0.05, 0.1) is 18.2 Å². The first-order chi connectivity index (χ1) is 15.8. The van der Waals surface area contributed by atoms with Gasteiger partial charge in [0.25, 0.3) is 5.91 Å². The van der Waals surface area contributed by atoms with E-state index in [0.717, 1.165) is 41.0 Å². The van der Waals surface area contributed by atoms with Crippen LogP contribution in [0.15, 0.2) is 18.2 Å². The summed E-state index contributed by atoms with van der Waals surface area (Å²) in [4.78, 5) is 16.4. The maximum Gasteiger partial charge on any atom is 0.253 e. The fraction of sp³-hybridized carbons (Fsp3) is 0.679. The lowest BCUT2D eigenvalue weighted by Gasteiger charge is -2.43. The van der Waals surface area contributed by atoms with Crippen LogP contribution in [0.2, 0.25) is 0 Å². The van der Waals surface area contributed by atoms with Crippen LogP contribution in [-0.4, -0.2) is 48.2 Å². The van der Waals surface area contributed by atoms with Crippen molar-refractivity contribution in [2.45, 2.75) is 78.8 Å². The van der Waals surface area contributed by atoms with Crippen molar-refractivity contribution in [1.29, 1.82) is 0 Å². The van der Waals surface area contributed by atoms with Gasteiger partial charge in [0.1, 0.15) is 5.75 Å². The summed E-state index contributed by atoms with van der Waals surface area (Å²) in [6, 6.07) is 6.33. The molecule has 0 spiro atoms. The second-order valence-electron chi connectivity index (χ2n) is 11.7. The van der Waals surface area contributed by atoms with E-state index in [9.17, 15) is 4.79 Å². The Morgan fingerprint density at radius 1 is 1.15 bits per heavy atom. The molecule has 33 heavy (non-hydrogen) atoms. The third-order valence-corrected chi connectivity index (χ3v) is 9.39. The van der Waals surface area contributed by atoms with E-state index in [1.54, 1.807) is 7.11 Å². The number of para-hydroxylation sites is 1. The summed E-state index contributed by atoms with van der Waals surface area (Å²) in [5.41, 5.74) is 3.28. The number of amides is 1. The number of piperidine rings is 1. The number of likely N-dealkylation sites (tertiary alicyclic amines) is 1. The van der Waals surface area contributed by atoms with Crippen LogP contribution in [0.4, 0.5) is 0 Å². The molecule has 3 aliphatic rings. The Balaban J connectivity index is 1.49. The van der Waals surface area contributed by atoms with E-state index in [1.165, 1.54) is 51.6 Å².